The van der Waals surface area contributed by atoms with Gasteiger partial charge >= 0.3 is 9.93 Å². The van der Waals surface area contributed by atoms with Crippen molar-refractivity contribution in [3.63, 3.8) is 0 Å². The number of aryl methyl sites for hydroxylation is 1. The SMILES string of the molecule is C[n+]1c(/N=c2\sc3ccccc3n2CS(=O)O[O-])sc2ccccc21. The predicted molar refractivity (Wildman–Crippen MR) is 97.3 cm³/mol. The lowest BCUT2D eigenvalue weighted by molar-refractivity contribution is -0.633. The molecule has 9 heteroatoms. The first-order chi connectivity index (χ1) is 12.2. The quantitative estimate of drug-likeness (QED) is 0.303. The van der Waals surface area contributed by atoms with E-state index < -0.39 is 11.1 Å². The molecule has 0 saturated carbocycles. The van der Waals surface area contributed by atoms with Crippen LogP contribution in [0.1, 0.15) is 0 Å². The Bertz CT molecular complexity index is 1160. The lowest BCUT2D eigenvalue weighted by atomic mass is 10.3. The third-order valence-electron chi connectivity index (χ3n) is 3.80. The van der Waals surface area contributed by atoms with Gasteiger partial charge in [0.1, 0.15) is 11.4 Å². The molecule has 0 N–H and O–H groups in total. The van der Waals surface area contributed by atoms with Gasteiger partial charge in [-0.3, -0.25) is 4.57 Å². The molecule has 0 amide bonds. The molecule has 0 aliphatic rings. The van der Waals surface area contributed by atoms with E-state index in [4.69, 9.17) is 4.99 Å². The highest BCUT2D eigenvalue weighted by atomic mass is 32.2. The average Bonchev–Trinajstić information content (AvgIpc) is 3.14. The second kappa shape index (κ2) is 6.77. The summed E-state index contributed by atoms with van der Waals surface area (Å²) in [4.78, 5) is 5.45. The molecule has 2 aromatic carbocycles. The van der Waals surface area contributed by atoms with Gasteiger partial charge in [-0.25, -0.2) is 8.78 Å². The van der Waals surface area contributed by atoms with E-state index in [0.29, 0.717) is 4.80 Å². The molecule has 25 heavy (non-hydrogen) atoms. The van der Waals surface area contributed by atoms with E-state index in [9.17, 15) is 9.47 Å². The smallest absolute Gasteiger partial charge is 0.386 e. The van der Waals surface area contributed by atoms with E-state index in [1.807, 2.05) is 54.1 Å². The molecule has 0 fully saturated rings. The summed E-state index contributed by atoms with van der Waals surface area (Å²) >= 11 is 1.12. The van der Waals surface area contributed by atoms with Crippen LogP contribution in [0.15, 0.2) is 53.5 Å². The molecule has 4 rings (SSSR count). The van der Waals surface area contributed by atoms with Crippen molar-refractivity contribution in [1.82, 2.24) is 4.57 Å². The molecule has 0 spiro atoms. The van der Waals surface area contributed by atoms with E-state index in [2.05, 4.69) is 10.4 Å². The minimum absolute atomic E-state index is 0.0546. The monoisotopic (exact) mass is 391 g/mol. The lowest BCUT2D eigenvalue weighted by Gasteiger charge is -2.06. The first-order valence-corrected chi connectivity index (χ1v) is 10.2. The summed E-state index contributed by atoms with van der Waals surface area (Å²) in [6.07, 6.45) is 0. The Kier molecular flexibility index (Phi) is 4.48. The number of hydrogen-bond donors (Lipinski definition) is 0. The van der Waals surface area contributed by atoms with Gasteiger partial charge in [0.25, 0.3) is 0 Å². The van der Waals surface area contributed by atoms with Crippen molar-refractivity contribution < 1.29 is 18.4 Å². The number of aromatic nitrogens is 2. The zero-order valence-electron chi connectivity index (χ0n) is 13.1. The summed E-state index contributed by atoms with van der Waals surface area (Å²) in [6, 6.07) is 15.8. The Labute approximate surface area is 153 Å². The van der Waals surface area contributed by atoms with Crippen LogP contribution in [0.25, 0.3) is 20.4 Å². The molecule has 1 atom stereocenters. The maximum atomic E-state index is 11.7. The zero-order valence-corrected chi connectivity index (χ0v) is 15.6. The van der Waals surface area contributed by atoms with Crippen LogP contribution < -0.4 is 14.6 Å². The molecule has 128 valence electrons. The first kappa shape index (κ1) is 16.6. The fourth-order valence-electron chi connectivity index (χ4n) is 2.63. The molecule has 0 saturated heterocycles. The minimum Gasteiger partial charge on any atom is -0.709 e. The highest BCUT2D eigenvalue weighted by Gasteiger charge is 2.17. The second-order valence-corrected chi connectivity index (χ2v) is 8.32. The molecular formula is C16H13N3O3S3. The molecule has 1 unspecified atom stereocenters. The van der Waals surface area contributed by atoms with Crippen molar-refractivity contribution in [2.45, 2.75) is 5.88 Å². The molecule has 0 aliphatic carbocycles. The van der Waals surface area contributed by atoms with Crippen molar-refractivity contribution in [3.8, 4) is 0 Å². The molecule has 2 aromatic heterocycles. The van der Waals surface area contributed by atoms with Gasteiger partial charge in [-0.2, -0.15) is 0 Å². The van der Waals surface area contributed by atoms with Crippen LogP contribution in [0.2, 0.25) is 0 Å². The van der Waals surface area contributed by atoms with Crippen molar-refractivity contribution in [1.29, 1.82) is 0 Å². The Balaban J connectivity index is 1.95. The van der Waals surface area contributed by atoms with E-state index >= 15 is 0 Å². The van der Waals surface area contributed by atoms with E-state index in [1.54, 1.807) is 15.9 Å². The van der Waals surface area contributed by atoms with Crippen molar-refractivity contribution in [2.24, 2.45) is 12.0 Å². The Morgan fingerprint density at radius 3 is 2.64 bits per heavy atom. The number of fused-ring (bicyclic) bond motifs is 2. The highest BCUT2D eigenvalue weighted by molar-refractivity contribution is 7.78. The van der Waals surface area contributed by atoms with Crippen LogP contribution in [-0.2, 0) is 28.3 Å². The van der Waals surface area contributed by atoms with E-state index in [1.165, 1.54) is 11.3 Å². The predicted octanol–water partition coefficient (Wildman–Crippen LogP) is 1.89. The topological polar surface area (TPSA) is 70.5 Å². The van der Waals surface area contributed by atoms with Gasteiger partial charge in [0.2, 0.25) is 0 Å². The van der Waals surface area contributed by atoms with Gasteiger partial charge in [-0.15, -0.1) is 0 Å². The Morgan fingerprint density at radius 2 is 1.88 bits per heavy atom. The largest absolute Gasteiger partial charge is 0.709 e. The molecule has 0 bridgehead atoms. The summed E-state index contributed by atoms with van der Waals surface area (Å²) in [5, 5.41) is 11.3. The number of rotatable bonds is 4. The van der Waals surface area contributed by atoms with Gasteiger partial charge in [-0.05, 0) is 35.6 Å². The van der Waals surface area contributed by atoms with Gasteiger partial charge in [0.15, 0.2) is 11.1 Å². The summed E-state index contributed by atoms with van der Waals surface area (Å²) < 4.78 is 21.3. The van der Waals surface area contributed by atoms with Crippen molar-refractivity contribution >= 4 is 59.3 Å². The van der Waals surface area contributed by atoms with Crippen LogP contribution >= 0.6 is 22.7 Å². The van der Waals surface area contributed by atoms with Gasteiger partial charge in [0.05, 0.1) is 22.0 Å². The number of thiazole rings is 2. The normalized spacial score (nSPS) is 13.8. The maximum absolute atomic E-state index is 11.7. The molecule has 4 aromatic rings. The molecular weight excluding hydrogens is 378 g/mol. The van der Waals surface area contributed by atoms with Crippen LogP contribution in [0.4, 0.5) is 5.13 Å². The van der Waals surface area contributed by atoms with Crippen LogP contribution in [0.3, 0.4) is 0 Å². The Hall–Kier alpha value is -1.91. The van der Waals surface area contributed by atoms with Crippen LogP contribution in [-0.4, -0.2) is 8.78 Å². The molecule has 0 aliphatic heterocycles. The van der Waals surface area contributed by atoms with E-state index in [0.717, 1.165) is 25.6 Å². The standard InChI is InChI=1S/C16H13N3O3S3/c1-18-11-6-2-4-8-13(11)23-15(18)17-16-19(10-25(21)22-20)12-7-3-5-9-14(12)24-16/h2-9H,10H2,1H3. The molecule has 2 heterocycles. The van der Waals surface area contributed by atoms with E-state index in [-0.39, 0.29) is 5.88 Å². The fraction of sp³-hybridized carbons (Fsp3) is 0.125. The Morgan fingerprint density at radius 1 is 1.16 bits per heavy atom. The summed E-state index contributed by atoms with van der Waals surface area (Å²) in [5.74, 6) is -0.0546. The molecule has 6 nitrogen and oxygen atoms in total. The van der Waals surface area contributed by atoms with Gasteiger partial charge < -0.3 is 9.59 Å². The first-order valence-electron chi connectivity index (χ1n) is 7.36. The number of benzene rings is 2. The number of para-hydroxylation sites is 2. The number of nitrogens with zero attached hydrogens (tertiary/aromatic N) is 3. The summed E-state index contributed by atoms with van der Waals surface area (Å²) in [5.41, 5.74) is 1.98. The fourth-order valence-corrected chi connectivity index (χ4v) is 5.33. The van der Waals surface area contributed by atoms with Crippen LogP contribution in [0, 0.1) is 0 Å². The number of hydrogen-bond acceptors (Lipinski definition) is 6. The third kappa shape index (κ3) is 3.05. The highest BCUT2D eigenvalue weighted by Crippen LogP contribution is 2.26. The van der Waals surface area contributed by atoms with Crippen LogP contribution in [0.5, 0.6) is 0 Å². The van der Waals surface area contributed by atoms with Crippen molar-refractivity contribution in [3.05, 3.63) is 53.3 Å². The van der Waals surface area contributed by atoms with Crippen molar-refractivity contribution in [2.75, 3.05) is 0 Å². The van der Waals surface area contributed by atoms with Gasteiger partial charge in [-0.1, -0.05) is 35.6 Å². The zero-order chi connectivity index (χ0) is 17.4. The minimum atomic E-state index is -1.95. The summed E-state index contributed by atoms with van der Waals surface area (Å²) in [6.45, 7) is 0. The summed E-state index contributed by atoms with van der Waals surface area (Å²) in [7, 11) is 1.97. The molecule has 0 radical (unpaired) electrons. The second-order valence-electron chi connectivity index (χ2n) is 5.30. The average molecular weight is 391 g/mol. The third-order valence-corrected chi connectivity index (χ3v) is 6.60. The maximum Gasteiger partial charge on any atom is 0.386 e. The van der Waals surface area contributed by atoms with Gasteiger partial charge in [0, 0.05) is 4.99 Å². The lowest BCUT2D eigenvalue weighted by Crippen LogP contribution is -2.27.